The zero-order valence-electron chi connectivity index (χ0n) is 11.2. The number of rotatable bonds is 2. The van der Waals surface area contributed by atoms with Crippen LogP contribution in [0, 0.1) is 0 Å². The van der Waals surface area contributed by atoms with Crippen molar-refractivity contribution >= 4 is 23.2 Å². The Labute approximate surface area is 123 Å². The van der Waals surface area contributed by atoms with Crippen LogP contribution in [0.4, 0.5) is 5.69 Å². The zero-order valence-corrected chi connectivity index (χ0v) is 11.9. The van der Waals surface area contributed by atoms with E-state index in [0.717, 1.165) is 24.8 Å². The Balaban J connectivity index is 1.90. The minimum atomic E-state index is -0.0724. The predicted octanol–water partition coefficient (Wildman–Crippen LogP) is 4.47. The third-order valence-corrected chi connectivity index (χ3v) is 4.09. The number of hydrogen-bond acceptors (Lipinski definition) is 1. The smallest absolute Gasteiger partial charge is 0.255 e. The average Bonchev–Trinajstić information content (AvgIpc) is 2.49. The van der Waals surface area contributed by atoms with Crippen molar-refractivity contribution in [1.82, 2.24) is 0 Å². The number of carbonyl (C=O) groups excluding carboxylic acids is 1. The molecule has 0 aliphatic heterocycles. The van der Waals surface area contributed by atoms with Gasteiger partial charge in [-0.1, -0.05) is 35.9 Å². The quantitative estimate of drug-likeness (QED) is 0.866. The minimum Gasteiger partial charge on any atom is -0.321 e. The summed E-state index contributed by atoms with van der Waals surface area (Å²) in [6, 6.07) is 13.3. The van der Waals surface area contributed by atoms with E-state index in [4.69, 9.17) is 11.6 Å². The van der Waals surface area contributed by atoms with E-state index in [1.54, 1.807) is 6.07 Å². The molecule has 0 bridgehead atoms. The first kappa shape index (κ1) is 13.2. The normalized spacial score (nSPS) is 13.7. The molecule has 0 heterocycles. The zero-order chi connectivity index (χ0) is 13.9. The van der Waals surface area contributed by atoms with Gasteiger partial charge in [0.1, 0.15) is 0 Å². The molecule has 1 aliphatic rings. The molecule has 2 aromatic carbocycles. The van der Waals surface area contributed by atoms with E-state index in [-0.39, 0.29) is 5.91 Å². The number of halogens is 1. The maximum Gasteiger partial charge on any atom is 0.255 e. The number of nitrogens with one attached hydrogen (secondary N) is 1. The number of benzene rings is 2. The molecule has 1 amide bonds. The highest BCUT2D eigenvalue weighted by atomic mass is 35.5. The largest absolute Gasteiger partial charge is 0.321 e. The molecular weight excluding hydrogens is 270 g/mol. The number of carbonyl (C=O) groups is 1. The van der Waals surface area contributed by atoms with Crippen molar-refractivity contribution in [3.8, 4) is 0 Å². The van der Waals surface area contributed by atoms with E-state index >= 15 is 0 Å². The molecule has 2 aromatic rings. The summed E-state index contributed by atoms with van der Waals surface area (Å²) in [5, 5.41) is 3.47. The molecule has 1 N–H and O–H groups in total. The van der Waals surface area contributed by atoms with E-state index in [9.17, 15) is 4.79 Å². The Morgan fingerprint density at radius 1 is 1.00 bits per heavy atom. The lowest BCUT2D eigenvalue weighted by atomic mass is 9.88. The van der Waals surface area contributed by atoms with Crippen LogP contribution in [0.5, 0.6) is 0 Å². The SMILES string of the molecule is O=C(Nc1ccccc1Cl)c1cccc2c1CCCC2. The Kier molecular flexibility index (Phi) is 3.75. The molecule has 3 rings (SSSR count). The lowest BCUT2D eigenvalue weighted by Gasteiger charge is -2.19. The van der Waals surface area contributed by atoms with E-state index in [1.165, 1.54) is 17.5 Å². The lowest BCUT2D eigenvalue weighted by molar-refractivity contribution is 0.102. The van der Waals surface area contributed by atoms with Crippen molar-refractivity contribution < 1.29 is 4.79 Å². The molecule has 20 heavy (non-hydrogen) atoms. The molecule has 0 saturated carbocycles. The van der Waals surface area contributed by atoms with Gasteiger partial charge in [0.05, 0.1) is 10.7 Å². The van der Waals surface area contributed by atoms with Crippen molar-refractivity contribution in [3.05, 3.63) is 64.2 Å². The number of aryl methyl sites for hydroxylation is 1. The van der Waals surface area contributed by atoms with Crippen LogP contribution in [-0.4, -0.2) is 5.91 Å². The van der Waals surface area contributed by atoms with Gasteiger partial charge in [-0.2, -0.15) is 0 Å². The summed E-state index contributed by atoms with van der Waals surface area (Å²) >= 11 is 6.08. The van der Waals surface area contributed by atoms with Gasteiger partial charge in [-0.3, -0.25) is 4.79 Å². The van der Waals surface area contributed by atoms with Crippen LogP contribution < -0.4 is 5.32 Å². The van der Waals surface area contributed by atoms with Crippen LogP contribution in [-0.2, 0) is 12.8 Å². The number of fused-ring (bicyclic) bond motifs is 1. The third kappa shape index (κ3) is 2.56. The highest BCUT2D eigenvalue weighted by Crippen LogP contribution is 2.26. The Hall–Kier alpha value is -1.80. The number of anilines is 1. The van der Waals surface area contributed by atoms with E-state index in [1.807, 2.05) is 30.3 Å². The van der Waals surface area contributed by atoms with Crippen molar-refractivity contribution in [2.24, 2.45) is 0 Å². The van der Waals surface area contributed by atoms with Crippen LogP contribution >= 0.6 is 11.6 Å². The first-order valence-corrected chi connectivity index (χ1v) is 7.30. The molecule has 0 saturated heterocycles. The van der Waals surface area contributed by atoms with E-state index < -0.39 is 0 Å². The van der Waals surface area contributed by atoms with Crippen molar-refractivity contribution in [3.63, 3.8) is 0 Å². The molecule has 102 valence electrons. The summed E-state index contributed by atoms with van der Waals surface area (Å²) in [4.78, 5) is 12.5. The Morgan fingerprint density at radius 3 is 2.65 bits per heavy atom. The molecule has 3 heteroatoms. The minimum absolute atomic E-state index is 0.0724. The average molecular weight is 286 g/mol. The molecule has 0 unspecified atom stereocenters. The monoisotopic (exact) mass is 285 g/mol. The fourth-order valence-electron chi connectivity index (χ4n) is 2.75. The first-order chi connectivity index (χ1) is 9.75. The predicted molar refractivity (Wildman–Crippen MR) is 82.5 cm³/mol. The highest BCUT2D eigenvalue weighted by molar-refractivity contribution is 6.33. The maximum atomic E-state index is 12.5. The molecule has 0 aromatic heterocycles. The van der Waals surface area contributed by atoms with Crippen molar-refractivity contribution in [1.29, 1.82) is 0 Å². The Bertz CT molecular complexity index is 651. The standard InChI is InChI=1S/C17H16ClNO/c18-15-10-3-4-11-16(15)19-17(20)14-9-5-7-12-6-1-2-8-13(12)14/h3-5,7,9-11H,1-2,6,8H2,(H,19,20). The van der Waals surface area contributed by atoms with Crippen molar-refractivity contribution in [2.45, 2.75) is 25.7 Å². The fraction of sp³-hybridized carbons (Fsp3) is 0.235. The van der Waals surface area contributed by atoms with Gasteiger partial charge >= 0.3 is 0 Å². The molecule has 0 spiro atoms. The van der Waals surface area contributed by atoms with Crippen LogP contribution in [0.1, 0.15) is 34.3 Å². The van der Waals surface area contributed by atoms with E-state index in [2.05, 4.69) is 11.4 Å². The Morgan fingerprint density at radius 2 is 1.80 bits per heavy atom. The maximum absolute atomic E-state index is 12.5. The second-order valence-corrected chi connectivity index (χ2v) is 5.49. The molecule has 0 atom stereocenters. The molecule has 1 aliphatic carbocycles. The van der Waals surface area contributed by atoms with E-state index in [0.29, 0.717) is 10.7 Å². The topological polar surface area (TPSA) is 29.1 Å². The molecular formula is C17H16ClNO. The summed E-state index contributed by atoms with van der Waals surface area (Å²) in [6.07, 6.45) is 4.43. The number of hydrogen-bond donors (Lipinski definition) is 1. The first-order valence-electron chi connectivity index (χ1n) is 6.92. The molecule has 0 radical (unpaired) electrons. The summed E-state index contributed by atoms with van der Waals surface area (Å²) in [5.74, 6) is -0.0724. The third-order valence-electron chi connectivity index (χ3n) is 3.76. The summed E-state index contributed by atoms with van der Waals surface area (Å²) in [7, 11) is 0. The summed E-state index contributed by atoms with van der Waals surface area (Å²) in [6.45, 7) is 0. The van der Waals surface area contributed by atoms with Gasteiger partial charge in [0.2, 0.25) is 0 Å². The van der Waals surface area contributed by atoms with Gasteiger partial charge in [0.25, 0.3) is 5.91 Å². The van der Waals surface area contributed by atoms with Gasteiger partial charge < -0.3 is 5.32 Å². The van der Waals surface area contributed by atoms with Gasteiger partial charge in [-0.05, 0) is 55.0 Å². The second-order valence-electron chi connectivity index (χ2n) is 5.08. The van der Waals surface area contributed by atoms with Crippen molar-refractivity contribution in [2.75, 3.05) is 5.32 Å². The molecule has 0 fully saturated rings. The fourth-order valence-corrected chi connectivity index (χ4v) is 2.93. The van der Waals surface area contributed by atoms with Crippen LogP contribution in [0.3, 0.4) is 0 Å². The molecule has 2 nitrogen and oxygen atoms in total. The number of para-hydroxylation sites is 1. The second kappa shape index (κ2) is 5.68. The van der Waals surface area contributed by atoms with Gasteiger partial charge in [-0.25, -0.2) is 0 Å². The van der Waals surface area contributed by atoms with Crippen LogP contribution in [0.15, 0.2) is 42.5 Å². The van der Waals surface area contributed by atoms with Crippen LogP contribution in [0.25, 0.3) is 0 Å². The van der Waals surface area contributed by atoms with Gasteiger partial charge in [-0.15, -0.1) is 0 Å². The summed E-state index contributed by atoms with van der Waals surface area (Å²) < 4.78 is 0. The number of amides is 1. The summed E-state index contributed by atoms with van der Waals surface area (Å²) in [5.41, 5.74) is 3.95. The lowest BCUT2D eigenvalue weighted by Crippen LogP contribution is -2.17. The van der Waals surface area contributed by atoms with Gasteiger partial charge in [0.15, 0.2) is 0 Å². The van der Waals surface area contributed by atoms with Crippen LogP contribution in [0.2, 0.25) is 5.02 Å². The van der Waals surface area contributed by atoms with Gasteiger partial charge in [0, 0.05) is 5.56 Å². The highest BCUT2D eigenvalue weighted by Gasteiger charge is 2.17.